The lowest BCUT2D eigenvalue weighted by atomic mass is 10.1. The number of hydrogen-bond acceptors (Lipinski definition) is 2. The van der Waals surface area contributed by atoms with Gasteiger partial charge < -0.3 is 4.90 Å². The van der Waals surface area contributed by atoms with Crippen LogP contribution >= 0.6 is 0 Å². The second kappa shape index (κ2) is 4.36. The van der Waals surface area contributed by atoms with Crippen molar-refractivity contribution < 1.29 is 4.79 Å². The summed E-state index contributed by atoms with van der Waals surface area (Å²) in [4.78, 5) is 16.7. The molecule has 16 heavy (non-hydrogen) atoms. The Balaban J connectivity index is 1.79. The Morgan fingerprint density at radius 1 is 1.19 bits per heavy atom. The van der Waals surface area contributed by atoms with E-state index in [1.165, 1.54) is 6.54 Å². The zero-order valence-electron chi connectivity index (χ0n) is 10.8. The van der Waals surface area contributed by atoms with Gasteiger partial charge in [-0.15, -0.1) is 0 Å². The lowest BCUT2D eigenvalue weighted by Crippen LogP contribution is -2.51. The summed E-state index contributed by atoms with van der Waals surface area (Å²) in [6.07, 6.45) is 2.19. The maximum absolute atomic E-state index is 12.1. The second-order valence-corrected chi connectivity index (χ2v) is 6.05. The van der Waals surface area contributed by atoms with E-state index in [1.54, 1.807) is 0 Å². The summed E-state index contributed by atoms with van der Waals surface area (Å²) < 4.78 is 0. The zero-order chi connectivity index (χ0) is 11.8. The smallest absolute Gasteiger partial charge is 0.228 e. The Kier molecular flexibility index (Phi) is 3.24. The summed E-state index contributed by atoms with van der Waals surface area (Å²) in [7, 11) is 0. The Labute approximate surface area is 98.8 Å². The van der Waals surface area contributed by atoms with Gasteiger partial charge >= 0.3 is 0 Å². The van der Waals surface area contributed by atoms with Gasteiger partial charge in [-0.25, -0.2) is 0 Å². The van der Waals surface area contributed by atoms with Crippen LogP contribution in [0, 0.1) is 11.3 Å². The highest BCUT2D eigenvalue weighted by atomic mass is 16.2. The molecule has 1 aliphatic carbocycles. The third-order valence-electron chi connectivity index (χ3n) is 3.80. The summed E-state index contributed by atoms with van der Waals surface area (Å²) >= 11 is 0. The van der Waals surface area contributed by atoms with Crippen molar-refractivity contribution >= 4 is 5.91 Å². The molecule has 0 aromatic heterocycles. The molecular formula is C13H24N2O. The highest BCUT2D eigenvalue weighted by molar-refractivity contribution is 5.85. The maximum Gasteiger partial charge on any atom is 0.228 e. The molecule has 0 unspecified atom stereocenters. The third kappa shape index (κ3) is 2.57. The first-order valence-electron chi connectivity index (χ1n) is 6.53. The molecule has 2 aliphatic rings. The molecule has 3 nitrogen and oxygen atoms in total. The molecule has 0 radical (unpaired) electrons. The Hall–Kier alpha value is -0.570. The topological polar surface area (TPSA) is 23.6 Å². The van der Waals surface area contributed by atoms with Crippen molar-refractivity contribution in [3.05, 3.63) is 0 Å². The molecule has 0 atom stereocenters. The van der Waals surface area contributed by atoms with E-state index >= 15 is 0 Å². The minimum absolute atomic E-state index is 0.0141. The number of amides is 1. The van der Waals surface area contributed by atoms with E-state index in [9.17, 15) is 4.79 Å². The summed E-state index contributed by atoms with van der Waals surface area (Å²) in [6, 6.07) is 0. The molecule has 1 saturated heterocycles. The van der Waals surface area contributed by atoms with E-state index in [-0.39, 0.29) is 5.41 Å². The van der Waals surface area contributed by atoms with E-state index in [4.69, 9.17) is 0 Å². The molecule has 0 aromatic carbocycles. The van der Waals surface area contributed by atoms with Crippen molar-refractivity contribution in [3.63, 3.8) is 0 Å². The van der Waals surface area contributed by atoms with Crippen LogP contribution in [0.25, 0.3) is 0 Å². The van der Waals surface area contributed by atoms with Crippen molar-refractivity contribution in [1.29, 1.82) is 0 Å². The van der Waals surface area contributed by atoms with Crippen LogP contribution < -0.4 is 0 Å². The molecule has 1 amide bonds. The van der Waals surface area contributed by atoms with Gasteiger partial charge in [0.2, 0.25) is 5.91 Å². The summed E-state index contributed by atoms with van der Waals surface area (Å²) in [6.45, 7) is 11.8. The highest BCUT2D eigenvalue weighted by Gasteiger charge is 2.47. The number of carbonyl (C=O) groups excluding carboxylic acids is 1. The highest BCUT2D eigenvalue weighted by Crippen LogP contribution is 2.46. The fraction of sp³-hybridized carbons (Fsp3) is 0.923. The van der Waals surface area contributed by atoms with E-state index < -0.39 is 0 Å². The number of nitrogens with zero attached hydrogens (tertiary/aromatic N) is 2. The van der Waals surface area contributed by atoms with Crippen molar-refractivity contribution in [3.8, 4) is 0 Å². The normalized spacial score (nSPS) is 24.9. The van der Waals surface area contributed by atoms with Crippen molar-refractivity contribution in [2.75, 3.05) is 32.7 Å². The molecule has 0 bridgehead atoms. The van der Waals surface area contributed by atoms with Crippen LogP contribution in [0.4, 0.5) is 0 Å². The average molecular weight is 224 g/mol. The molecule has 0 aromatic rings. The first kappa shape index (κ1) is 11.9. The van der Waals surface area contributed by atoms with Crippen molar-refractivity contribution in [1.82, 2.24) is 9.80 Å². The monoisotopic (exact) mass is 224 g/mol. The van der Waals surface area contributed by atoms with Gasteiger partial charge in [0.1, 0.15) is 0 Å². The van der Waals surface area contributed by atoms with E-state index in [2.05, 4.69) is 30.6 Å². The van der Waals surface area contributed by atoms with Gasteiger partial charge in [-0.2, -0.15) is 0 Å². The fourth-order valence-electron chi connectivity index (χ4n) is 2.43. The summed E-state index contributed by atoms with van der Waals surface area (Å²) in [5, 5.41) is 0. The molecule has 0 spiro atoms. The molecule has 3 heteroatoms. The number of rotatable bonds is 3. The van der Waals surface area contributed by atoms with Crippen LogP contribution in [-0.2, 0) is 4.79 Å². The van der Waals surface area contributed by atoms with E-state index in [0.29, 0.717) is 5.91 Å². The van der Waals surface area contributed by atoms with Crippen LogP contribution in [0.5, 0.6) is 0 Å². The van der Waals surface area contributed by atoms with Gasteiger partial charge in [0.25, 0.3) is 0 Å². The standard InChI is InChI=1S/C13H24N2O/c1-11(2)10-14-6-8-15(9-7-14)12(16)13(3)4-5-13/h11H,4-10H2,1-3H3. The van der Waals surface area contributed by atoms with Gasteiger partial charge in [0.15, 0.2) is 0 Å². The fourth-order valence-corrected chi connectivity index (χ4v) is 2.43. The van der Waals surface area contributed by atoms with Crippen LogP contribution in [0.15, 0.2) is 0 Å². The largest absolute Gasteiger partial charge is 0.340 e. The molecule has 1 aliphatic heterocycles. The Morgan fingerprint density at radius 3 is 2.19 bits per heavy atom. The van der Waals surface area contributed by atoms with E-state index in [1.807, 2.05) is 0 Å². The van der Waals surface area contributed by atoms with Crippen LogP contribution in [0.3, 0.4) is 0 Å². The summed E-state index contributed by atoms with van der Waals surface area (Å²) in [5.74, 6) is 1.12. The predicted molar refractivity (Wildman–Crippen MR) is 65.2 cm³/mol. The molecule has 2 rings (SSSR count). The van der Waals surface area contributed by atoms with Gasteiger partial charge in [-0.05, 0) is 18.8 Å². The number of piperazine rings is 1. The zero-order valence-corrected chi connectivity index (χ0v) is 10.8. The van der Waals surface area contributed by atoms with Gasteiger partial charge in [-0.3, -0.25) is 9.69 Å². The minimum Gasteiger partial charge on any atom is -0.340 e. The van der Waals surface area contributed by atoms with Gasteiger partial charge in [0, 0.05) is 38.1 Å². The first-order valence-corrected chi connectivity index (χ1v) is 6.53. The summed E-state index contributed by atoms with van der Waals surface area (Å²) in [5.41, 5.74) is 0.0141. The third-order valence-corrected chi connectivity index (χ3v) is 3.80. The molecule has 1 heterocycles. The molecule has 2 fully saturated rings. The van der Waals surface area contributed by atoms with Crippen molar-refractivity contribution in [2.45, 2.75) is 33.6 Å². The van der Waals surface area contributed by atoms with Crippen molar-refractivity contribution in [2.24, 2.45) is 11.3 Å². The van der Waals surface area contributed by atoms with Gasteiger partial charge in [0.05, 0.1) is 0 Å². The first-order chi connectivity index (χ1) is 7.51. The SMILES string of the molecule is CC(C)CN1CCN(C(=O)C2(C)CC2)CC1. The Bertz CT molecular complexity index is 263. The lowest BCUT2D eigenvalue weighted by Gasteiger charge is -2.36. The molecule has 92 valence electrons. The minimum atomic E-state index is 0.0141. The van der Waals surface area contributed by atoms with Crippen LogP contribution in [0.2, 0.25) is 0 Å². The average Bonchev–Trinajstić information content (AvgIpc) is 2.97. The molecular weight excluding hydrogens is 200 g/mol. The maximum atomic E-state index is 12.1. The molecule has 1 saturated carbocycles. The predicted octanol–water partition coefficient (Wildman–Crippen LogP) is 1.59. The molecule has 0 N–H and O–H groups in total. The second-order valence-electron chi connectivity index (χ2n) is 6.05. The van der Waals surface area contributed by atoms with E-state index in [0.717, 1.165) is 44.9 Å². The quantitative estimate of drug-likeness (QED) is 0.727. The number of carbonyl (C=O) groups is 1. The van der Waals surface area contributed by atoms with Crippen LogP contribution in [-0.4, -0.2) is 48.4 Å². The number of hydrogen-bond donors (Lipinski definition) is 0. The Morgan fingerprint density at radius 2 is 1.75 bits per heavy atom. The lowest BCUT2D eigenvalue weighted by molar-refractivity contribution is -0.138. The van der Waals surface area contributed by atoms with Gasteiger partial charge in [-0.1, -0.05) is 20.8 Å². The van der Waals surface area contributed by atoms with Crippen LogP contribution in [0.1, 0.15) is 33.6 Å².